The van der Waals surface area contributed by atoms with Crippen LogP contribution in [0.3, 0.4) is 0 Å². The van der Waals surface area contributed by atoms with Crippen molar-refractivity contribution in [1.82, 2.24) is 15.0 Å². The molecule has 0 aliphatic rings. The van der Waals surface area contributed by atoms with Gasteiger partial charge < -0.3 is 14.8 Å². The molecule has 0 saturated carbocycles. The van der Waals surface area contributed by atoms with Gasteiger partial charge in [0.2, 0.25) is 0 Å². The number of hydrogen-bond donors (Lipinski definition) is 1. The summed E-state index contributed by atoms with van der Waals surface area (Å²) in [5.41, 5.74) is 3.91. The Bertz CT molecular complexity index is 1130. The molecule has 3 rings (SSSR count). The van der Waals surface area contributed by atoms with Crippen LogP contribution in [-0.2, 0) is 4.74 Å². The fraction of sp³-hybridized carbons (Fsp3) is 0.370. The molecule has 0 unspecified atom stereocenters. The van der Waals surface area contributed by atoms with Crippen LogP contribution < -0.4 is 10.1 Å². The van der Waals surface area contributed by atoms with Crippen molar-refractivity contribution < 1.29 is 9.47 Å². The zero-order valence-electron chi connectivity index (χ0n) is 21.1. The highest BCUT2D eigenvalue weighted by molar-refractivity contribution is 7.14. The van der Waals surface area contributed by atoms with Gasteiger partial charge in [-0.25, -0.2) is 15.0 Å². The number of benzene rings is 1. The second kappa shape index (κ2) is 14.3. The van der Waals surface area contributed by atoms with Crippen molar-refractivity contribution in [2.75, 3.05) is 32.2 Å². The molecule has 182 valence electrons. The maximum atomic E-state index is 6.00. The monoisotopic (exact) mass is 480 g/mol. The number of allylic oxidation sites excluding steroid dienone is 3. The second-order valence-corrected chi connectivity index (χ2v) is 8.65. The quantitative estimate of drug-likeness (QED) is 0.235. The molecule has 0 aliphatic heterocycles. The highest BCUT2D eigenvalue weighted by atomic mass is 32.1. The zero-order valence-corrected chi connectivity index (χ0v) is 22.0. The van der Waals surface area contributed by atoms with E-state index in [1.165, 1.54) is 5.57 Å². The summed E-state index contributed by atoms with van der Waals surface area (Å²) in [5.74, 6) is 1.42. The standard InChI is InChI=1S/C25H30N4O2S.C2H6/c1-6-7-17(2)8-9-18(3)14-26-24-21-12-20(25-27-15-19(4)32-25)13-22(31-11-10-30-5)23(21)28-16-29-24;1-2/h7-9,12-13,15-16H,3,6,10-11,14H2,1-2,4-5H3,(H,26,28,29);1-2H3/b9-8-,17-7+;. The second-order valence-electron chi connectivity index (χ2n) is 7.41. The number of ether oxygens (including phenoxy) is 2. The zero-order chi connectivity index (χ0) is 24.9. The average molecular weight is 481 g/mol. The van der Waals surface area contributed by atoms with Gasteiger partial charge in [0, 0.05) is 35.7 Å². The van der Waals surface area contributed by atoms with Crippen LogP contribution in [0.5, 0.6) is 5.75 Å². The van der Waals surface area contributed by atoms with E-state index in [2.05, 4.69) is 58.9 Å². The Labute approximate surface area is 207 Å². The Morgan fingerprint density at radius 1 is 1.15 bits per heavy atom. The third-order valence-corrected chi connectivity index (χ3v) is 5.67. The minimum atomic E-state index is 0.435. The van der Waals surface area contributed by atoms with Gasteiger partial charge in [0.1, 0.15) is 35.0 Å². The lowest BCUT2D eigenvalue weighted by atomic mass is 10.1. The first-order valence-corrected chi connectivity index (χ1v) is 12.4. The molecule has 1 aromatic carbocycles. The maximum absolute atomic E-state index is 6.00. The van der Waals surface area contributed by atoms with Crippen LogP contribution in [0.4, 0.5) is 5.82 Å². The van der Waals surface area contributed by atoms with Crippen molar-refractivity contribution in [3.05, 3.63) is 65.5 Å². The van der Waals surface area contributed by atoms with E-state index < -0.39 is 0 Å². The molecule has 2 aromatic heterocycles. The fourth-order valence-corrected chi connectivity index (χ4v) is 3.88. The lowest BCUT2D eigenvalue weighted by Gasteiger charge is -2.13. The minimum absolute atomic E-state index is 0.435. The number of methoxy groups -OCH3 is 1. The molecule has 0 fully saturated rings. The Balaban J connectivity index is 0.00000199. The first kappa shape index (κ1) is 27.2. The molecule has 0 saturated heterocycles. The first-order valence-electron chi connectivity index (χ1n) is 11.6. The molecule has 0 amide bonds. The lowest BCUT2D eigenvalue weighted by Crippen LogP contribution is -2.07. The van der Waals surface area contributed by atoms with Gasteiger partial charge in [-0.15, -0.1) is 11.3 Å². The number of anilines is 1. The van der Waals surface area contributed by atoms with E-state index in [1.54, 1.807) is 24.8 Å². The van der Waals surface area contributed by atoms with E-state index >= 15 is 0 Å². The third-order valence-electron chi connectivity index (χ3n) is 4.71. The molecular formula is C27H36N4O2S. The molecule has 0 bridgehead atoms. The van der Waals surface area contributed by atoms with Gasteiger partial charge in [0.05, 0.1) is 6.61 Å². The molecule has 6 nitrogen and oxygen atoms in total. The third kappa shape index (κ3) is 7.78. The summed E-state index contributed by atoms with van der Waals surface area (Å²) in [5, 5.41) is 5.21. The maximum Gasteiger partial charge on any atom is 0.146 e. The summed E-state index contributed by atoms with van der Waals surface area (Å²) >= 11 is 1.64. The van der Waals surface area contributed by atoms with Crippen molar-refractivity contribution >= 4 is 28.1 Å². The summed E-state index contributed by atoms with van der Waals surface area (Å²) in [7, 11) is 1.65. The molecule has 7 heteroatoms. The van der Waals surface area contributed by atoms with Gasteiger partial charge in [0.15, 0.2) is 0 Å². The van der Waals surface area contributed by atoms with Gasteiger partial charge in [-0.2, -0.15) is 0 Å². The molecule has 0 spiro atoms. The van der Waals surface area contributed by atoms with Crippen LogP contribution in [0, 0.1) is 6.92 Å². The molecule has 1 N–H and O–H groups in total. The summed E-state index contributed by atoms with van der Waals surface area (Å²) in [4.78, 5) is 14.7. The Kier molecular flexibility index (Phi) is 11.4. The summed E-state index contributed by atoms with van der Waals surface area (Å²) < 4.78 is 11.1. The number of nitrogens with one attached hydrogen (secondary N) is 1. The van der Waals surface area contributed by atoms with E-state index in [9.17, 15) is 0 Å². The van der Waals surface area contributed by atoms with E-state index in [0.29, 0.717) is 25.5 Å². The van der Waals surface area contributed by atoms with E-state index in [-0.39, 0.29) is 0 Å². The number of rotatable bonds is 11. The van der Waals surface area contributed by atoms with Crippen molar-refractivity contribution in [3.8, 4) is 16.3 Å². The SMILES string of the molecule is C=C(/C=C\C(C)=C\CC)CNc1ncnc2c(OCCOC)cc(-c3ncc(C)s3)cc12.CC. The van der Waals surface area contributed by atoms with E-state index in [4.69, 9.17) is 9.47 Å². The largest absolute Gasteiger partial charge is 0.489 e. The summed E-state index contributed by atoms with van der Waals surface area (Å²) in [6.07, 6.45) is 10.7. The van der Waals surface area contributed by atoms with Gasteiger partial charge >= 0.3 is 0 Å². The normalized spacial score (nSPS) is 11.4. The molecule has 0 atom stereocenters. The molecule has 0 radical (unpaired) electrons. The van der Waals surface area contributed by atoms with Gasteiger partial charge in [-0.3, -0.25) is 0 Å². The van der Waals surface area contributed by atoms with Gasteiger partial charge in [-0.05, 0) is 38.0 Å². The van der Waals surface area contributed by atoms with Crippen molar-refractivity contribution in [2.45, 2.75) is 41.0 Å². The number of nitrogens with zero attached hydrogens (tertiary/aromatic N) is 3. The number of hydrogen-bond acceptors (Lipinski definition) is 7. The van der Waals surface area contributed by atoms with Crippen LogP contribution in [0.2, 0.25) is 0 Å². The summed E-state index contributed by atoms with van der Waals surface area (Å²) in [6.45, 7) is 15.9. The van der Waals surface area contributed by atoms with Crippen molar-refractivity contribution in [2.24, 2.45) is 0 Å². The minimum Gasteiger partial charge on any atom is -0.489 e. The van der Waals surface area contributed by atoms with Crippen LogP contribution in [-0.4, -0.2) is 41.8 Å². The smallest absolute Gasteiger partial charge is 0.146 e. The van der Waals surface area contributed by atoms with Gasteiger partial charge in [-0.1, -0.05) is 51.2 Å². The van der Waals surface area contributed by atoms with Gasteiger partial charge in [0.25, 0.3) is 0 Å². The molecular weight excluding hydrogens is 444 g/mol. The summed E-state index contributed by atoms with van der Waals surface area (Å²) in [6, 6.07) is 4.05. The predicted octanol–water partition coefficient (Wildman–Crippen LogP) is 6.99. The van der Waals surface area contributed by atoms with Crippen LogP contribution >= 0.6 is 11.3 Å². The topological polar surface area (TPSA) is 69.2 Å². The van der Waals surface area contributed by atoms with Crippen LogP contribution in [0.25, 0.3) is 21.5 Å². The number of aromatic nitrogens is 3. The van der Waals surface area contributed by atoms with Crippen molar-refractivity contribution in [1.29, 1.82) is 0 Å². The number of fused-ring (bicyclic) bond motifs is 1. The predicted molar refractivity (Wildman–Crippen MR) is 145 cm³/mol. The van der Waals surface area contributed by atoms with E-state index in [0.717, 1.165) is 44.2 Å². The average Bonchev–Trinajstić information content (AvgIpc) is 3.29. The molecule has 2 heterocycles. The van der Waals surface area contributed by atoms with Crippen LogP contribution in [0.15, 0.2) is 60.6 Å². The Morgan fingerprint density at radius 2 is 1.94 bits per heavy atom. The molecule has 34 heavy (non-hydrogen) atoms. The van der Waals surface area contributed by atoms with Crippen molar-refractivity contribution in [3.63, 3.8) is 0 Å². The number of aryl methyl sites for hydroxylation is 1. The molecule has 0 aliphatic carbocycles. The van der Waals surface area contributed by atoms with E-state index in [1.807, 2.05) is 39.1 Å². The fourth-order valence-electron chi connectivity index (χ4n) is 3.13. The Morgan fingerprint density at radius 3 is 2.62 bits per heavy atom. The highest BCUT2D eigenvalue weighted by Crippen LogP contribution is 2.35. The number of thiazole rings is 1. The Hall–Kier alpha value is -3.03. The first-order chi connectivity index (χ1) is 16.5. The van der Waals surface area contributed by atoms with Crippen LogP contribution in [0.1, 0.15) is 39.0 Å². The molecule has 3 aromatic rings. The lowest BCUT2D eigenvalue weighted by molar-refractivity contribution is 0.147. The highest BCUT2D eigenvalue weighted by Gasteiger charge is 2.14.